The van der Waals surface area contributed by atoms with Crippen LogP contribution in [-0.2, 0) is 11.2 Å². The van der Waals surface area contributed by atoms with Gasteiger partial charge in [0.2, 0.25) is 5.91 Å². The largest absolute Gasteiger partial charge is 0.294 e. The SMILES string of the molecule is CCc1ccc(C(=O)CCC(=O)NNC(=O)c2ccccc2)cc1. The fourth-order valence-corrected chi connectivity index (χ4v) is 2.15. The van der Waals surface area contributed by atoms with Crippen molar-refractivity contribution >= 4 is 17.6 Å². The van der Waals surface area contributed by atoms with E-state index < -0.39 is 11.8 Å². The number of carbonyl (C=O) groups excluding carboxylic acids is 3. The predicted molar refractivity (Wildman–Crippen MR) is 91.4 cm³/mol. The lowest BCUT2D eigenvalue weighted by Gasteiger charge is -2.07. The van der Waals surface area contributed by atoms with Crippen molar-refractivity contribution in [1.29, 1.82) is 0 Å². The molecule has 0 aliphatic carbocycles. The van der Waals surface area contributed by atoms with Gasteiger partial charge in [0.05, 0.1) is 0 Å². The summed E-state index contributed by atoms with van der Waals surface area (Å²) in [6.07, 6.45) is 1.03. The van der Waals surface area contributed by atoms with Crippen LogP contribution in [0.2, 0.25) is 0 Å². The van der Waals surface area contributed by atoms with Crippen LogP contribution >= 0.6 is 0 Å². The molecule has 0 fully saturated rings. The highest BCUT2D eigenvalue weighted by Gasteiger charge is 2.10. The minimum atomic E-state index is -0.405. The third kappa shape index (κ3) is 5.05. The Kier molecular flexibility index (Phi) is 6.25. The Bertz CT molecular complexity index is 709. The van der Waals surface area contributed by atoms with Crippen LogP contribution in [0.15, 0.2) is 54.6 Å². The number of hydrazine groups is 1. The first-order valence-electron chi connectivity index (χ1n) is 7.86. The highest BCUT2D eigenvalue weighted by Crippen LogP contribution is 2.08. The molecular weight excluding hydrogens is 304 g/mol. The smallest absolute Gasteiger partial charge is 0.269 e. The van der Waals surface area contributed by atoms with Gasteiger partial charge >= 0.3 is 0 Å². The molecule has 124 valence electrons. The van der Waals surface area contributed by atoms with E-state index in [2.05, 4.69) is 10.9 Å². The summed E-state index contributed by atoms with van der Waals surface area (Å²) in [6, 6.07) is 15.9. The fourth-order valence-electron chi connectivity index (χ4n) is 2.15. The molecule has 24 heavy (non-hydrogen) atoms. The third-order valence-corrected chi connectivity index (χ3v) is 3.61. The first-order valence-corrected chi connectivity index (χ1v) is 7.86. The van der Waals surface area contributed by atoms with Crippen molar-refractivity contribution < 1.29 is 14.4 Å². The molecule has 0 unspecified atom stereocenters. The number of benzene rings is 2. The highest BCUT2D eigenvalue weighted by atomic mass is 16.2. The third-order valence-electron chi connectivity index (χ3n) is 3.61. The zero-order valence-corrected chi connectivity index (χ0v) is 13.5. The molecule has 5 heteroatoms. The second-order valence-corrected chi connectivity index (χ2v) is 5.34. The van der Waals surface area contributed by atoms with Gasteiger partial charge in [-0.15, -0.1) is 0 Å². The maximum absolute atomic E-state index is 12.0. The van der Waals surface area contributed by atoms with Gasteiger partial charge in [-0.25, -0.2) is 0 Å². The molecule has 2 N–H and O–H groups in total. The number of nitrogens with one attached hydrogen (secondary N) is 2. The van der Waals surface area contributed by atoms with Crippen LogP contribution in [0.25, 0.3) is 0 Å². The van der Waals surface area contributed by atoms with Gasteiger partial charge in [0, 0.05) is 24.0 Å². The van der Waals surface area contributed by atoms with Crippen molar-refractivity contribution in [3.8, 4) is 0 Å². The van der Waals surface area contributed by atoms with E-state index >= 15 is 0 Å². The lowest BCUT2D eigenvalue weighted by atomic mass is 10.0. The van der Waals surface area contributed by atoms with Gasteiger partial charge in [-0.1, -0.05) is 49.4 Å². The summed E-state index contributed by atoms with van der Waals surface area (Å²) in [5.74, 6) is -0.898. The highest BCUT2D eigenvalue weighted by molar-refractivity contribution is 5.98. The number of Topliss-reactive ketones (excluding diaryl/α,β-unsaturated/α-hetero) is 1. The molecular formula is C19H20N2O3. The van der Waals surface area contributed by atoms with Crippen LogP contribution < -0.4 is 10.9 Å². The minimum absolute atomic E-state index is 0.0173. The molecule has 0 saturated carbocycles. The van der Waals surface area contributed by atoms with Crippen molar-refractivity contribution in [2.45, 2.75) is 26.2 Å². The summed E-state index contributed by atoms with van der Waals surface area (Å²) in [5.41, 5.74) is 6.84. The average Bonchev–Trinajstić information content (AvgIpc) is 2.64. The normalized spacial score (nSPS) is 10.0. The van der Waals surface area contributed by atoms with Crippen LogP contribution in [0.5, 0.6) is 0 Å². The van der Waals surface area contributed by atoms with Gasteiger partial charge in [0.15, 0.2) is 5.78 Å². The van der Waals surface area contributed by atoms with E-state index in [9.17, 15) is 14.4 Å². The summed E-state index contributed by atoms with van der Waals surface area (Å²) < 4.78 is 0. The van der Waals surface area contributed by atoms with Crippen LogP contribution in [0.1, 0.15) is 46.0 Å². The molecule has 0 bridgehead atoms. The van der Waals surface area contributed by atoms with Crippen molar-refractivity contribution in [3.63, 3.8) is 0 Å². The van der Waals surface area contributed by atoms with Crippen molar-refractivity contribution in [2.24, 2.45) is 0 Å². The number of amides is 2. The van der Waals surface area contributed by atoms with E-state index in [0.29, 0.717) is 11.1 Å². The van der Waals surface area contributed by atoms with Gasteiger partial charge < -0.3 is 0 Å². The maximum atomic E-state index is 12.0. The Morgan fingerprint density at radius 2 is 1.46 bits per heavy atom. The number of ketones is 1. The number of carbonyl (C=O) groups is 3. The molecule has 0 aromatic heterocycles. The minimum Gasteiger partial charge on any atom is -0.294 e. The fraction of sp³-hybridized carbons (Fsp3) is 0.211. The Morgan fingerprint density at radius 3 is 2.08 bits per heavy atom. The number of hydrogen-bond acceptors (Lipinski definition) is 3. The maximum Gasteiger partial charge on any atom is 0.269 e. The summed E-state index contributed by atoms with van der Waals surface area (Å²) in [4.78, 5) is 35.6. The topological polar surface area (TPSA) is 75.3 Å². The van der Waals surface area contributed by atoms with Gasteiger partial charge in [0.1, 0.15) is 0 Å². The second kappa shape index (κ2) is 8.62. The Hall–Kier alpha value is -2.95. The molecule has 0 heterocycles. The van der Waals surface area contributed by atoms with Crippen molar-refractivity contribution in [2.75, 3.05) is 0 Å². The van der Waals surface area contributed by atoms with Crippen LogP contribution in [-0.4, -0.2) is 17.6 Å². The van der Waals surface area contributed by atoms with Gasteiger partial charge in [0.25, 0.3) is 5.91 Å². The first kappa shape index (κ1) is 17.4. The zero-order chi connectivity index (χ0) is 17.4. The Morgan fingerprint density at radius 1 is 0.792 bits per heavy atom. The van der Waals surface area contributed by atoms with E-state index in [1.807, 2.05) is 19.1 Å². The number of aryl methyl sites for hydroxylation is 1. The van der Waals surface area contributed by atoms with E-state index in [4.69, 9.17) is 0 Å². The Labute approximate surface area is 141 Å². The molecule has 2 aromatic carbocycles. The van der Waals surface area contributed by atoms with E-state index in [-0.39, 0.29) is 18.6 Å². The molecule has 5 nitrogen and oxygen atoms in total. The van der Waals surface area contributed by atoms with Gasteiger partial charge in [-0.05, 0) is 24.1 Å². The van der Waals surface area contributed by atoms with Crippen molar-refractivity contribution in [1.82, 2.24) is 10.9 Å². The zero-order valence-electron chi connectivity index (χ0n) is 13.5. The van der Waals surface area contributed by atoms with E-state index in [1.54, 1.807) is 42.5 Å². The second-order valence-electron chi connectivity index (χ2n) is 5.34. The summed E-state index contributed by atoms with van der Waals surface area (Å²) in [7, 11) is 0. The average molecular weight is 324 g/mol. The molecule has 2 aromatic rings. The lowest BCUT2D eigenvalue weighted by molar-refractivity contribution is -0.121. The quantitative estimate of drug-likeness (QED) is 0.633. The monoisotopic (exact) mass is 324 g/mol. The van der Waals surface area contributed by atoms with Gasteiger partial charge in [-0.2, -0.15) is 0 Å². The van der Waals surface area contributed by atoms with Crippen molar-refractivity contribution in [3.05, 3.63) is 71.3 Å². The molecule has 0 saturated heterocycles. The molecule has 0 atom stereocenters. The standard InChI is InChI=1S/C19H20N2O3/c1-2-14-8-10-15(11-9-14)17(22)12-13-18(23)20-21-19(24)16-6-4-3-5-7-16/h3-11H,2,12-13H2,1H3,(H,20,23)(H,21,24). The molecule has 0 spiro atoms. The predicted octanol–water partition coefficient (Wildman–Crippen LogP) is 2.67. The summed E-state index contributed by atoms with van der Waals surface area (Å²) in [6.45, 7) is 2.05. The van der Waals surface area contributed by atoms with Gasteiger partial charge in [-0.3, -0.25) is 25.2 Å². The lowest BCUT2D eigenvalue weighted by Crippen LogP contribution is -2.41. The molecule has 0 aliphatic heterocycles. The summed E-state index contributed by atoms with van der Waals surface area (Å²) >= 11 is 0. The molecule has 2 amide bonds. The van der Waals surface area contributed by atoms with Crippen LogP contribution in [0.3, 0.4) is 0 Å². The number of hydrogen-bond donors (Lipinski definition) is 2. The molecule has 0 radical (unpaired) electrons. The number of rotatable bonds is 6. The van der Waals surface area contributed by atoms with E-state index in [0.717, 1.165) is 12.0 Å². The van der Waals surface area contributed by atoms with Crippen LogP contribution in [0.4, 0.5) is 0 Å². The summed E-state index contributed by atoms with van der Waals surface area (Å²) in [5, 5.41) is 0. The molecule has 0 aliphatic rings. The van der Waals surface area contributed by atoms with Crippen LogP contribution in [0, 0.1) is 0 Å². The first-order chi connectivity index (χ1) is 11.6. The molecule has 2 rings (SSSR count). The Balaban J connectivity index is 1.76. The van der Waals surface area contributed by atoms with E-state index in [1.165, 1.54) is 0 Å².